The maximum atomic E-state index is 12.6. The van der Waals surface area contributed by atoms with Crippen molar-refractivity contribution in [1.82, 2.24) is 24.0 Å². The van der Waals surface area contributed by atoms with E-state index in [1.807, 2.05) is 0 Å². The van der Waals surface area contributed by atoms with E-state index in [2.05, 4.69) is 10.3 Å². The molecule has 0 spiro atoms. The third kappa shape index (κ3) is 5.75. The van der Waals surface area contributed by atoms with Crippen LogP contribution in [-0.2, 0) is 32.0 Å². The summed E-state index contributed by atoms with van der Waals surface area (Å²) in [5, 5.41) is 10.9. The molecule has 2 heterocycles. The number of aromatic nitrogens is 4. The number of ether oxygens (including phenoxy) is 2. The van der Waals surface area contributed by atoms with Gasteiger partial charge in [0.1, 0.15) is 17.2 Å². The van der Waals surface area contributed by atoms with Crippen molar-refractivity contribution in [2.45, 2.75) is 12.8 Å². The standard InChI is InChI=1S/C24H28N6O7S/c1-27-14-22(26-15-27)30(38(34)35)20-12-18-19(29(3)24(33)28(18)2)13-21(20)37-17-8-6-7-16(11-17)36-10-5-4-9-25-23(31)32/h6-8,11-15,25,38H,4-5,9-10H2,1-3H3,(H,31,32). The van der Waals surface area contributed by atoms with Crippen LogP contribution in [0.5, 0.6) is 17.2 Å². The third-order valence-electron chi connectivity index (χ3n) is 5.80. The van der Waals surface area contributed by atoms with Crippen LogP contribution < -0.4 is 24.8 Å². The normalized spacial score (nSPS) is 11.2. The Labute approximate surface area is 219 Å². The van der Waals surface area contributed by atoms with Crippen LogP contribution in [0.4, 0.5) is 16.3 Å². The van der Waals surface area contributed by atoms with Crippen LogP contribution >= 0.6 is 0 Å². The Bertz CT molecular complexity index is 1600. The number of anilines is 2. The zero-order valence-electron chi connectivity index (χ0n) is 21.0. The molecule has 2 aromatic heterocycles. The highest BCUT2D eigenvalue weighted by Crippen LogP contribution is 2.39. The highest BCUT2D eigenvalue weighted by Gasteiger charge is 2.23. The zero-order chi connectivity index (χ0) is 27.4. The monoisotopic (exact) mass is 544 g/mol. The van der Waals surface area contributed by atoms with Crippen molar-refractivity contribution in [2.24, 2.45) is 21.1 Å². The fraction of sp³-hybridized carbons (Fsp3) is 0.292. The number of amides is 1. The number of hydrogen-bond donors (Lipinski definition) is 3. The van der Waals surface area contributed by atoms with E-state index in [9.17, 15) is 18.0 Å². The third-order valence-corrected chi connectivity index (χ3v) is 6.55. The number of unbranched alkanes of at least 4 members (excludes halogenated alkanes) is 1. The largest absolute Gasteiger partial charge is 0.493 e. The van der Waals surface area contributed by atoms with Crippen LogP contribution in [0, 0.1) is 0 Å². The molecule has 0 fully saturated rings. The molecule has 2 aromatic carbocycles. The van der Waals surface area contributed by atoms with Crippen LogP contribution in [0.2, 0.25) is 0 Å². The Hall–Kier alpha value is -4.46. The second-order valence-corrected chi connectivity index (χ2v) is 9.40. The van der Waals surface area contributed by atoms with E-state index in [0.29, 0.717) is 48.5 Å². The van der Waals surface area contributed by atoms with Gasteiger partial charge in [-0.05, 0) is 31.0 Å². The Kier molecular flexibility index (Phi) is 7.90. The lowest BCUT2D eigenvalue weighted by atomic mass is 10.2. The van der Waals surface area contributed by atoms with Crippen molar-refractivity contribution >= 4 is 39.5 Å². The van der Waals surface area contributed by atoms with Crippen molar-refractivity contribution in [2.75, 3.05) is 17.5 Å². The molecule has 1 amide bonds. The maximum absolute atomic E-state index is 12.6. The Balaban J connectivity index is 1.67. The van der Waals surface area contributed by atoms with Gasteiger partial charge >= 0.3 is 11.8 Å². The summed E-state index contributed by atoms with van der Waals surface area (Å²) in [5.41, 5.74) is 0.992. The van der Waals surface area contributed by atoms with E-state index < -0.39 is 17.0 Å². The van der Waals surface area contributed by atoms with Crippen molar-refractivity contribution in [1.29, 1.82) is 0 Å². The summed E-state index contributed by atoms with van der Waals surface area (Å²) in [7, 11) is 1.79. The van der Waals surface area contributed by atoms with E-state index in [-0.39, 0.29) is 22.9 Å². The van der Waals surface area contributed by atoms with Gasteiger partial charge in [0, 0.05) is 46.0 Å². The minimum absolute atomic E-state index is 0.170. The summed E-state index contributed by atoms with van der Waals surface area (Å²) < 4.78 is 42.3. The first kappa shape index (κ1) is 26.6. The van der Waals surface area contributed by atoms with Gasteiger partial charge in [-0.1, -0.05) is 6.07 Å². The molecule has 13 nitrogen and oxygen atoms in total. The summed E-state index contributed by atoms with van der Waals surface area (Å²) in [6.07, 6.45) is 3.25. The molecule has 38 heavy (non-hydrogen) atoms. The lowest BCUT2D eigenvalue weighted by molar-refractivity contribution is 0.194. The Morgan fingerprint density at radius 1 is 1.08 bits per heavy atom. The molecule has 4 aromatic rings. The quantitative estimate of drug-likeness (QED) is 0.193. The molecule has 0 bridgehead atoms. The van der Waals surface area contributed by atoms with Crippen molar-refractivity contribution < 1.29 is 27.8 Å². The fourth-order valence-electron chi connectivity index (χ4n) is 3.93. The highest BCUT2D eigenvalue weighted by atomic mass is 32.2. The Morgan fingerprint density at radius 3 is 2.45 bits per heavy atom. The smallest absolute Gasteiger partial charge is 0.404 e. The number of hydrogen-bond acceptors (Lipinski definition) is 7. The number of fused-ring (bicyclic) bond motifs is 1. The SMILES string of the molecule is Cn1cnc(N(c2cc3c(cc2Oc2cccc(OCCCCNC(=O)O)c2)n(C)c(=O)n3C)[SH](=O)=O)c1. The number of carbonyl (C=O) groups is 1. The first-order valence-corrected chi connectivity index (χ1v) is 12.8. The van der Waals surface area contributed by atoms with Crippen LogP contribution in [0.25, 0.3) is 11.0 Å². The summed E-state index contributed by atoms with van der Waals surface area (Å²) in [4.78, 5) is 27.3. The van der Waals surface area contributed by atoms with Gasteiger partial charge in [0.05, 0.1) is 24.0 Å². The number of thiol groups is 1. The first-order valence-electron chi connectivity index (χ1n) is 11.6. The second kappa shape index (κ2) is 11.3. The molecule has 0 aliphatic carbocycles. The Morgan fingerprint density at radius 2 is 1.79 bits per heavy atom. The van der Waals surface area contributed by atoms with Gasteiger partial charge < -0.3 is 24.5 Å². The number of aryl methyl sites for hydroxylation is 3. The topological polar surface area (TPSA) is 150 Å². The first-order chi connectivity index (χ1) is 18.2. The van der Waals surface area contributed by atoms with Gasteiger partial charge in [0.2, 0.25) is 10.9 Å². The lowest BCUT2D eigenvalue weighted by Gasteiger charge is -2.20. The molecular weight excluding hydrogens is 516 g/mol. The van der Waals surface area contributed by atoms with Gasteiger partial charge in [-0.3, -0.25) is 9.13 Å². The van der Waals surface area contributed by atoms with Gasteiger partial charge in [0.15, 0.2) is 11.6 Å². The molecule has 0 atom stereocenters. The molecule has 202 valence electrons. The molecule has 0 aliphatic heterocycles. The minimum Gasteiger partial charge on any atom is -0.493 e. The molecule has 0 saturated heterocycles. The van der Waals surface area contributed by atoms with E-state index in [1.54, 1.807) is 68.3 Å². The highest BCUT2D eigenvalue weighted by molar-refractivity contribution is 7.74. The number of rotatable bonds is 11. The van der Waals surface area contributed by atoms with Gasteiger partial charge in [-0.15, -0.1) is 0 Å². The molecule has 0 radical (unpaired) electrons. The number of benzene rings is 2. The molecular formula is C24H28N6O7S. The van der Waals surface area contributed by atoms with E-state index in [0.717, 1.165) is 4.31 Å². The van der Waals surface area contributed by atoms with E-state index in [1.165, 1.54) is 15.5 Å². The zero-order valence-corrected chi connectivity index (χ0v) is 21.9. The predicted octanol–water partition coefficient (Wildman–Crippen LogP) is 2.49. The second-order valence-electron chi connectivity index (χ2n) is 8.52. The minimum atomic E-state index is -3.17. The van der Waals surface area contributed by atoms with Gasteiger partial charge in [-0.2, -0.15) is 0 Å². The predicted molar refractivity (Wildman–Crippen MR) is 141 cm³/mol. The van der Waals surface area contributed by atoms with Crippen molar-refractivity contribution in [3.8, 4) is 17.2 Å². The number of carboxylic acid groups (broad SMARTS) is 1. The molecule has 0 aliphatic rings. The van der Waals surface area contributed by atoms with E-state index in [4.69, 9.17) is 14.6 Å². The summed E-state index contributed by atoms with van der Waals surface area (Å²) >= 11 is 0. The van der Waals surface area contributed by atoms with Crippen LogP contribution in [0.3, 0.4) is 0 Å². The van der Waals surface area contributed by atoms with Crippen LogP contribution in [0.1, 0.15) is 12.8 Å². The molecule has 14 heteroatoms. The average molecular weight is 545 g/mol. The molecule has 4 rings (SSSR count). The number of nitrogens with zero attached hydrogens (tertiary/aromatic N) is 5. The number of nitrogens with one attached hydrogen (secondary N) is 1. The molecule has 0 unspecified atom stereocenters. The van der Waals surface area contributed by atoms with Crippen molar-refractivity contribution in [3.63, 3.8) is 0 Å². The van der Waals surface area contributed by atoms with Crippen molar-refractivity contribution in [3.05, 3.63) is 59.4 Å². The summed E-state index contributed by atoms with van der Waals surface area (Å²) in [5.74, 6) is 1.28. The molecule has 0 saturated carbocycles. The fourth-order valence-corrected chi connectivity index (χ4v) is 4.54. The van der Waals surface area contributed by atoms with Gasteiger partial charge in [0.25, 0.3) is 0 Å². The number of imidazole rings is 2. The van der Waals surface area contributed by atoms with Gasteiger partial charge in [-0.25, -0.2) is 27.3 Å². The summed E-state index contributed by atoms with van der Waals surface area (Å²) in [6, 6.07) is 10.0. The molecule has 2 N–H and O–H groups in total. The average Bonchev–Trinajstić information content (AvgIpc) is 3.38. The lowest BCUT2D eigenvalue weighted by Crippen LogP contribution is -2.22. The maximum Gasteiger partial charge on any atom is 0.404 e. The van der Waals surface area contributed by atoms with Crippen LogP contribution in [0.15, 0.2) is 53.7 Å². The summed E-state index contributed by atoms with van der Waals surface area (Å²) in [6.45, 7) is 0.710. The van der Waals surface area contributed by atoms with Crippen LogP contribution in [-0.4, -0.2) is 51.5 Å². The van der Waals surface area contributed by atoms with E-state index >= 15 is 0 Å².